The molecular weight excluding hydrogens is 386 g/mol. The smallest absolute Gasteiger partial charge is 0.161 e. The quantitative estimate of drug-likeness (QED) is 0.703. The minimum absolute atomic E-state index is 0.264. The maximum absolute atomic E-state index is 6.36. The van der Waals surface area contributed by atoms with Gasteiger partial charge in [-0.05, 0) is 64.0 Å². The standard InChI is InChI=1S/C24H33N7/c1-17-6-5-11-26-23(17)21-8-4-7-20(29(21)3)19-16-31-22(10-9-18(25)24(31)27-19)30-14-12-28(2)13-15-30/h5-6,9-11,16,20-21H,4,7-8,12-15,25H2,1-3H3/t20-,21+/m0/s1. The van der Waals surface area contributed by atoms with E-state index in [0.29, 0.717) is 6.04 Å². The van der Waals surface area contributed by atoms with Crippen LogP contribution in [0.25, 0.3) is 5.65 Å². The third-order valence-corrected chi connectivity index (χ3v) is 7.11. The predicted molar refractivity (Wildman–Crippen MR) is 125 cm³/mol. The van der Waals surface area contributed by atoms with Gasteiger partial charge in [0, 0.05) is 38.6 Å². The Balaban J connectivity index is 1.49. The van der Waals surface area contributed by atoms with E-state index in [1.165, 1.54) is 23.5 Å². The molecule has 2 N–H and O–H groups in total. The number of nitrogens with zero attached hydrogens (tertiary/aromatic N) is 6. The molecule has 7 nitrogen and oxygen atoms in total. The molecule has 0 unspecified atom stereocenters. The molecular formula is C24H33N7. The van der Waals surface area contributed by atoms with Crippen molar-refractivity contribution in [3.63, 3.8) is 0 Å². The van der Waals surface area contributed by atoms with Crippen molar-refractivity contribution in [2.24, 2.45) is 0 Å². The zero-order chi connectivity index (χ0) is 21.5. The van der Waals surface area contributed by atoms with Gasteiger partial charge < -0.3 is 15.5 Å². The fraction of sp³-hybridized carbons (Fsp3) is 0.500. The van der Waals surface area contributed by atoms with Crippen LogP contribution in [0.1, 0.15) is 48.3 Å². The summed E-state index contributed by atoms with van der Waals surface area (Å²) < 4.78 is 2.21. The van der Waals surface area contributed by atoms with Crippen molar-refractivity contribution in [2.45, 2.75) is 38.3 Å². The summed E-state index contributed by atoms with van der Waals surface area (Å²) in [5.74, 6) is 1.19. The Morgan fingerprint density at radius 2 is 1.77 bits per heavy atom. The lowest BCUT2D eigenvalue weighted by atomic mass is 9.91. The Morgan fingerprint density at radius 1 is 1.00 bits per heavy atom. The van der Waals surface area contributed by atoms with E-state index in [0.717, 1.165) is 56.0 Å². The van der Waals surface area contributed by atoms with Crippen molar-refractivity contribution in [3.8, 4) is 0 Å². The van der Waals surface area contributed by atoms with Crippen molar-refractivity contribution in [1.82, 2.24) is 24.2 Å². The van der Waals surface area contributed by atoms with Gasteiger partial charge in [0.1, 0.15) is 5.82 Å². The van der Waals surface area contributed by atoms with Gasteiger partial charge in [-0.1, -0.05) is 6.07 Å². The van der Waals surface area contributed by atoms with E-state index in [-0.39, 0.29) is 6.04 Å². The van der Waals surface area contributed by atoms with Gasteiger partial charge in [-0.3, -0.25) is 14.3 Å². The number of rotatable bonds is 3. The van der Waals surface area contributed by atoms with E-state index in [9.17, 15) is 0 Å². The molecule has 31 heavy (non-hydrogen) atoms. The number of pyridine rings is 2. The van der Waals surface area contributed by atoms with Crippen LogP contribution < -0.4 is 10.6 Å². The number of nitrogen functional groups attached to an aromatic ring is 1. The molecule has 0 bridgehead atoms. The molecule has 2 fully saturated rings. The van der Waals surface area contributed by atoms with Crippen LogP contribution >= 0.6 is 0 Å². The number of likely N-dealkylation sites (N-methyl/N-ethyl adjacent to an activating group) is 1. The van der Waals surface area contributed by atoms with Crippen LogP contribution in [0.5, 0.6) is 0 Å². The van der Waals surface area contributed by atoms with Crippen LogP contribution in [0.2, 0.25) is 0 Å². The molecule has 0 amide bonds. The minimum Gasteiger partial charge on any atom is -0.396 e. The van der Waals surface area contributed by atoms with Gasteiger partial charge >= 0.3 is 0 Å². The summed E-state index contributed by atoms with van der Waals surface area (Å²) in [4.78, 5) is 17.1. The molecule has 2 aliphatic rings. The van der Waals surface area contributed by atoms with Crippen LogP contribution in [0.15, 0.2) is 36.7 Å². The Morgan fingerprint density at radius 3 is 2.55 bits per heavy atom. The minimum atomic E-state index is 0.264. The van der Waals surface area contributed by atoms with Crippen LogP contribution in [0, 0.1) is 6.92 Å². The van der Waals surface area contributed by atoms with Gasteiger partial charge in [-0.15, -0.1) is 0 Å². The monoisotopic (exact) mass is 419 g/mol. The van der Waals surface area contributed by atoms with E-state index in [4.69, 9.17) is 15.7 Å². The highest BCUT2D eigenvalue weighted by Crippen LogP contribution is 2.40. The first-order valence-electron chi connectivity index (χ1n) is 11.4. The molecule has 2 atom stereocenters. The van der Waals surface area contributed by atoms with E-state index in [1.807, 2.05) is 18.3 Å². The topological polar surface area (TPSA) is 65.9 Å². The molecule has 2 saturated heterocycles. The van der Waals surface area contributed by atoms with Gasteiger partial charge in [0.25, 0.3) is 0 Å². The number of aromatic nitrogens is 3. The molecule has 3 aromatic heterocycles. The molecule has 0 aromatic carbocycles. The lowest BCUT2D eigenvalue weighted by Crippen LogP contribution is -2.45. The molecule has 7 heteroatoms. The third-order valence-electron chi connectivity index (χ3n) is 7.11. The second-order valence-electron chi connectivity index (χ2n) is 9.13. The number of hydrogen-bond donors (Lipinski definition) is 1. The summed E-state index contributed by atoms with van der Waals surface area (Å²) in [5.41, 5.74) is 11.5. The summed E-state index contributed by atoms with van der Waals surface area (Å²) in [6, 6.07) is 8.91. The SMILES string of the molecule is Cc1cccnc1[C@H]1CCC[C@@H](c2cn3c(N4CCN(C)CC4)ccc(N)c3n2)N1C. The van der Waals surface area contributed by atoms with Crippen molar-refractivity contribution in [3.05, 3.63) is 53.6 Å². The van der Waals surface area contributed by atoms with Gasteiger partial charge in [0.05, 0.1) is 29.2 Å². The molecule has 164 valence electrons. The highest BCUT2D eigenvalue weighted by molar-refractivity contribution is 5.69. The van der Waals surface area contributed by atoms with Gasteiger partial charge in [-0.25, -0.2) is 4.98 Å². The van der Waals surface area contributed by atoms with Crippen molar-refractivity contribution in [2.75, 3.05) is 50.9 Å². The number of nitrogens with two attached hydrogens (primary N) is 1. The number of piperazine rings is 1. The molecule has 5 heterocycles. The summed E-state index contributed by atoms with van der Waals surface area (Å²) in [6.07, 6.45) is 7.53. The number of anilines is 2. The average Bonchev–Trinajstić information content (AvgIpc) is 3.22. The van der Waals surface area contributed by atoms with E-state index in [1.54, 1.807) is 0 Å². The maximum Gasteiger partial charge on any atom is 0.161 e. The van der Waals surface area contributed by atoms with Crippen LogP contribution in [-0.4, -0.2) is 64.4 Å². The third kappa shape index (κ3) is 3.66. The Kier molecular flexibility index (Phi) is 5.32. The zero-order valence-electron chi connectivity index (χ0n) is 18.8. The number of imidazole rings is 1. The van der Waals surface area contributed by atoms with Crippen LogP contribution in [0.3, 0.4) is 0 Å². The molecule has 0 saturated carbocycles. The molecule has 5 rings (SSSR count). The van der Waals surface area contributed by atoms with Crippen LogP contribution in [0.4, 0.5) is 11.5 Å². The average molecular weight is 420 g/mol. The number of hydrogen-bond acceptors (Lipinski definition) is 6. The molecule has 0 spiro atoms. The van der Waals surface area contributed by atoms with Gasteiger partial charge in [0.15, 0.2) is 5.65 Å². The summed E-state index contributed by atoms with van der Waals surface area (Å²) in [6.45, 7) is 6.35. The zero-order valence-corrected chi connectivity index (χ0v) is 18.8. The van der Waals surface area contributed by atoms with E-state index >= 15 is 0 Å². The number of likely N-dealkylation sites (tertiary alicyclic amines) is 1. The number of piperidine rings is 1. The first kappa shape index (κ1) is 20.3. The Labute approximate surface area is 184 Å². The van der Waals surface area contributed by atoms with E-state index < -0.39 is 0 Å². The Bertz CT molecular complexity index is 1070. The summed E-state index contributed by atoms with van der Waals surface area (Å²) in [7, 11) is 4.40. The first-order valence-corrected chi connectivity index (χ1v) is 11.4. The molecule has 0 radical (unpaired) electrons. The lowest BCUT2D eigenvalue weighted by molar-refractivity contribution is 0.109. The van der Waals surface area contributed by atoms with E-state index in [2.05, 4.69) is 58.4 Å². The maximum atomic E-state index is 6.36. The van der Waals surface area contributed by atoms with Crippen molar-refractivity contribution < 1.29 is 0 Å². The largest absolute Gasteiger partial charge is 0.396 e. The molecule has 0 aliphatic carbocycles. The van der Waals surface area contributed by atoms with Crippen molar-refractivity contribution in [1.29, 1.82) is 0 Å². The second kappa shape index (κ2) is 8.13. The molecule has 3 aromatic rings. The first-order chi connectivity index (χ1) is 15.0. The van der Waals surface area contributed by atoms with Crippen molar-refractivity contribution >= 4 is 17.2 Å². The number of aryl methyl sites for hydroxylation is 1. The lowest BCUT2D eigenvalue weighted by Gasteiger charge is -2.39. The van der Waals surface area contributed by atoms with Crippen LogP contribution in [-0.2, 0) is 0 Å². The second-order valence-corrected chi connectivity index (χ2v) is 9.13. The highest BCUT2D eigenvalue weighted by atomic mass is 15.3. The van der Waals surface area contributed by atoms with Gasteiger partial charge in [0.2, 0.25) is 0 Å². The normalized spacial score (nSPS) is 23.5. The number of fused-ring (bicyclic) bond motifs is 1. The fourth-order valence-corrected chi connectivity index (χ4v) is 5.21. The summed E-state index contributed by atoms with van der Waals surface area (Å²) >= 11 is 0. The Hall–Kier alpha value is -2.64. The fourth-order valence-electron chi connectivity index (χ4n) is 5.21. The highest BCUT2D eigenvalue weighted by Gasteiger charge is 2.33. The predicted octanol–water partition coefficient (Wildman–Crippen LogP) is 3.27. The van der Waals surface area contributed by atoms with Gasteiger partial charge in [-0.2, -0.15) is 0 Å². The summed E-state index contributed by atoms with van der Waals surface area (Å²) in [5, 5.41) is 0. The molecule has 2 aliphatic heterocycles.